The van der Waals surface area contributed by atoms with Crippen molar-refractivity contribution in [3.05, 3.63) is 41.5 Å². The van der Waals surface area contributed by atoms with Gasteiger partial charge in [0.15, 0.2) is 0 Å². The van der Waals surface area contributed by atoms with Crippen molar-refractivity contribution in [3.8, 4) is 0 Å². The number of hydrogen-bond acceptors (Lipinski definition) is 4. The van der Waals surface area contributed by atoms with E-state index >= 15 is 0 Å². The largest absolute Gasteiger partial charge is 0.481 e. The van der Waals surface area contributed by atoms with E-state index < -0.39 is 12.1 Å². The lowest BCUT2D eigenvalue weighted by molar-refractivity contribution is -0.145. The summed E-state index contributed by atoms with van der Waals surface area (Å²) in [5.74, 6) is -1.30. The maximum atomic E-state index is 12.2. The predicted octanol–water partition coefficient (Wildman–Crippen LogP) is 0.761. The van der Waals surface area contributed by atoms with E-state index in [9.17, 15) is 14.4 Å². The number of benzene rings is 1. The van der Waals surface area contributed by atoms with E-state index in [-0.39, 0.29) is 24.8 Å². The second-order valence-corrected chi connectivity index (χ2v) is 5.41. The van der Waals surface area contributed by atoms with Crippen LogP contribution in [0, 0.1) is 0 Å². The van der Waals surface area contributed by atoms with Gasteiger partial charge in [0.2, 0.25) is 5.91 Å². The van der Waals surface area contributed by atoms with Gasteiger partial charge in [-0.2, -0.15) is 0 Å². The lowest BCUT2D eigenvalue weighted by Gasteiger charge is -2.31. The summed E-state index contributed by atoms with van der Waals surface area (Å²) in [7, 11) is 1.56. The lowest BCUT2D eigenvalue weighted by atomic mass is 10.1. The van der Waals surface area contributed by atoms with Crippen molar-refractivity contribution >= 4 is 23.9 Å². The molecule has 0 saturated carbocycles. The smallest absolute Gasteiger partial charge is 0.306 e. The van der Waals surface area contributed by atoms with Crippen molar-refractivity contribution in [3.63, 3.8) is 0 Å². The van der Waals surface area contributed by atoms with Gasteiger partial charge in [-0.15, -0.1) is 0 Å². The van der Waals surface area contributed by atoms with E-state index in [0.717, 1.165) is 5.56 Å². The first kappa shape index (κ1) is 17.7. The van der Waals surface area contributed by atoms with Crippen molar-refractivity contribution < 1.29 is 24.2 Å². The Bertz CT molecular complexity index is 639. The van der Waals surface area contributed by atoms with Crippen molar-refractivity contribution in [2.75, 3.05) is 26.7 Å². The number of ether oxygens (including phenoxy) is 1. The summed E-state index contributed by atoms with van der Waals surface area (Å²) in [5.41, 5.74) is 1.34. The third kappa shape index (κ3) is 4.92. The fraction of sp³-hybridized carbons (Fsp3) is 0.353. The van der Waals surface area contributed by atoms with E-state index in [2.05, 4.69) is 5.32 Å². The molecule has 1 aliphatic heterocycles. The highest BCUT2D eigenvalue weighted by atomic mass is 16.5. The zero-order valence-corrected chi connectivity index (χ0v) is 13.4. The second-order valence-electron chi connectivity index (χ2n) is 5.41. The molecule has 1 atom stereocenters. The summed E-state index contributed by atoms with van der Waals surface area (Å²) in [4.78, 5) is 36.0. The average molecular weight is 332 g/mol. The molecular formula is C17H20N2O5. The van der Waals surface area contributed by atoms with E-state index in [1.165, 1.54) is 6.08 Å². The summed E-state index contributed by atoms with van der Waals surface area (Å²) in [5, 5.41) is 11.3. The molecule has 128 valence electrons. The molecule has 2 rings (SSSR count). The molecule has 0 bridgehead atoms. The van der Waals surface area contributed by atoms with Gasteiger partial charge in [-0.3, -0.25) is 14.4 Å². The van der Waals surface area contributed by atoms with Gasteiger partial charge in [0.1, 0.15) is 0 Å². The first-order valence-electron chi connectivity index (χ1n) is 7.62. The highest BCUT2D eigenvalue weighted by Gasteiger charge is 2.24. The summed E-state index contributed by atoms with van der Waals surface area (Å²) < 4.78 is 5.34. The molecule has 1 aliphatic rings. The minimum Gasteiger partial charge on any atom is -0.481 e. The Morgan fingerprint density at radius 2 is 2.04 bits per heavy atom. The fourth-order valence-corrected chi connectivity index (χ4v) is 2.40. The first-order valence-corrected chi connectivity index (χ1v) is 7.62. The Morgan fingerprint density at radius 3 is 2.67 bits per heavy atom. The molecule has 1 aromatic rings. The molecule has 7 heteroatoms. The average Bonchev–Trinajstić information content (AvgIpc) is 2.59. The van der Waals surface area contributed by atoms with Crippen LogP contribution in [0.2, 0.25) is 0 Å². The third-order valence-corrected chi connectivity index (χ3v) is 3.67. The number of nitrogens with one attached hydrogen (secondary N) is 1. The number of nitrogens with zero attached hydrogens (tertiary/aromatic N) is 1. The van der Waals surface area contributed by atoms with Gasteiger partial charge < -0.3 is 20.1 Å². The Hall–Kier alpha value is -2.67. The fourth-order valence-electron chi connectivity index (χ4n) is 2.40. The number of amides is 2. The van der Waals surface area contributed by atoms with Crippen LogP contribution in [-0.2, 0) is 14.3 Å². The zero-order valence-electron chi connectivity index (χ0n) is 13.4. The number of carbonyl (C=O) groups excluding carboxylic acids is 2. The molecule has 1 fully saturated rings. The number of morpholine rings is 1. The van der Waals surface area contributed by atoms with E-state index in [0.29, 0.717) is 18.7 Å². The lowest BCUT2D eigenvalue weighted by Crippen LogP contribution is -2.45. The molecular weight excluding hydrogens is 312 g/mol. The molecule has 24 heavy (non-hydrogen) atoms. The van der Waals surface area contributed by atoms with Crippen LogP contribution >= 0.6 is 0 Å². The van der Waals surface area contributed by atoms with Gasteiger partial charge in [0.05, 0.1) is 19.1 Å². The van der Waals surface area contributed by atoms with Gasteiger partial charge in [-0.25, -0.2) is 0 Å². The number of aliphatic carboxylic acids is 1. The molecule has 0 radical (unpaired) electrons. The Labute approximate surface area is 139 Å². The molecule has 1 heterocycles. The Kier molecular flexibility index (Phi) is 6.08. The number of hydrogen-bond donors (Lipinski definition) is 2. The Morgan fingerprint density at radius 1 is 1.33 bits per heavy atom. The van der Waals surface area contributed by atoms with Gasteiger partial charge in [0.25, 0.3) is 5.91 Å². The summed E-state index contributed by atoms with van der Waals surface area (Å²) >= 11 is 0. The molecule has 0 aromatic heterocycles. The normalized spacial score (nSPS) is 17.7. The van der Waals surface area contributed by atoms with Crippen LogP contribution < -0.4 is 5.32 Å². The molecule has 7 nitrogen and oxygen atoms in total. The molecule has 2 amide bonds. The quantitative estimate of drug-likeness (QED) is 0.776. The standard InChI is InChI=1S/C17H20N2O5/c1-18-17(23)13-5-2-12(3-6-13)4-7-15(20)19-8-9-24-14(11-19)10-16(21)22/h2-7,14H,8-11H2,1H3,(H,18,23)(H,21,22)/b7-4+. The van der Waals surface area contributed by atoms with Crippen molar-refractivity contribution in [1.29, 1.82) is 0 Å². The minimum atomic E-state index is -0.943. The zero-order chi connectivity index (χ0) is 17.5. The molecule has 1 saturated heterocycles. The number of carboxylic acid groups (broad SMARTS) is 1. The highest BCUT2D eigenvalue weighted by Crippen LogP contribution is 2.11. The SMILES string of the molecule is CNC(=O)c1ccc(/C=C/C(=O)N2CCOC(CC(=O)O)C2)cc1. The number of carboxylic acids is 1. The van der Waals surface area contributed by atoms with E-state index in [4.69, 9.17) is 9.84 Å². The van der Waals surface area contributed by atoms with Crippen LogP contribution in [0.1, 0.15) is 22.3 Å². The summed E-state index contributed by atoms with van der Waals surface area (Å²) in [6.07, 6.45) is 2.52. The highest BCUT2D eigenvalue weighted by molar-refractivity contribution is 5.94. The van der Waals surface area contributed by atoms with Crippen molar-refractivity contribution in [2.45, 2.75) is 12.5 Å². The van der Waals surface area contributed by atoms with Gasteiger partial charge >= 0.3 is 5.97 Å². The van der Waals surface area contributed by atoms with Crippen molar-refractivity contribution in [2.24, 2.45) is 0 Å². The van der Waals surface area contributed by atoms with E-state index in [1.807, 2.05) is 0 Å². The molecule has 0 aliphatic carbocycles. The maximum absolute atomic E-state index is 12.2. The molecule has 2 N–H and O–H groups in total. The maximum Gasteiger partial charge on any atom is 0.306 e. The van der Waals surface area contributed by atoms with Crippen LogP contribution in [0.4, 0.5) is 0 Å². The third-order valence-electron chi connectivity index (χ3n) is 3.67. The van der Waals surface area contributed by atoms with Crippen LogP contribution in [-0.4, -0.2) is 60.6 Å². The monoisotopic (exact) mass is 332 g/mol. The molecule has 1 unspecified atom stereocenters. The summed E-state index contributed by atoms with van der Waals surface area (Å²) in [6, 6.07) is 6.86. The van der Waals surface area contributed by atoms with Gasteiger partial charge in [-0.05, 0) is 23.8 Å². The Balaban J connectivity index is 1.94. The van der Waals surface area contributed by atoms with Crippen LogP contribution in [0.15, 0.2) is 30.3 Å². The number of carbonyl (C=O) groups is 3. The second kappa shape index (κ2) is 8.26. The molecule has 0 spiro atoms. The predicted molar refractivity (Wildman–Crippen MR) is 87.4 cm³/mol. The first-order chi connectivity index (χ1) is 11.5. The minimum absolute atomic E-state index is 0.117. The molecule has 1 aromatic carbocycles. The van der Waals surface area contributed by atoms with Crippen LogP contribution in [0.25, 0.3) is 6.08 Å². The van der Waals surface area contributed by atoms with Gasteiger partial charge in [-0.1, -0.05) is 12.1 Å². The van der Waals surface area contributed by atoms with Crippen molar-refractivity contribution in [1.82, 2.24) is 10.2 Å². The van der Waals surface area contributed by atoms with E-state index in [1.54, 1.807) is 42.3 Å². The topological polar surface area (TPSA) is 95.9 Å². The van der Waals surface area contributed by atoms with Crippen LogP contribution in [0.5, 0.6) is 0 Å². The van der Waals surface area contributed by atoms with Crippen LogP contribution in [0.3, 0.4) is 0 Å². The summed E-state index contributed by atoms with van der Waals surface area (Å²) in [6.45, 7) is 1.04. The number of rotatable bonds is 5. The van der Waals surface area contributed by atoms with Gasteiger partial charge in [0, 0.05) is 31.8 Å².